The average molecular weight is 288 g/mol. The van der Waals surface area contributed by atoms with Gasteiger partial charge in [0.2, 0.25) is 0 Å². The number of aliphatic hydroxyl groups is 1. The zero-order chi connectivity index (χ0) is 14.9. The molecule has 0 aromatic rings. The smallest absolute Gasteiger partial charge is 0.0487 e. The molecule has 6 atom stereocenters. The molecule has 1 spiro atoms. The highest BCUT2D eigenvalue weighted by atomic mass is 16.3. The first-order valence-corrected chi connectivity index (χ1v) is 9.17. The van der Waals surface area contributed by atoms with Gasteiger partial charge in [0, 0.05) is 6.61 Å². The summed E-state index contributed by atoms with van der Waals surface area (Å²) in [7, 11) is 0. The molecule has 0 aromatic heterocycles. The summed E-state index contributed by atoms with van der Waals surface area (Å²) >= 11 is 0. The summed E-state index contributed by atoms with van der Waals surface area (Å²) in [5.41, 5.74) is 1.64. The third kappa shape index (κ3) is 1.73. The maximum Gasteiger partial charge on any atom is 0.0487 e. The van der Waals surface area contributed by atoms with Gasteiger partial charge in [0.05, 0.1) is 0 Å². The van der Waals surface area contributed by atoms with Crippen molar-refractivity contribution in [2.75, 3.05) is 6.61 Å². The van der Waals surface area contributed by atoms with Crippen molar-refractivity contribution in [1.29, 1.82) is 0 Å². The molecule has 3 fully saturated rings. The van der Waals surface area contributed by atoms with Crippen LogP contribution in [0.15, 0.2) is 12.2 Å². The first kappa shape index (κ1) is 14.3. The number of fused-ring (bicyclic) bond motifs is 3. The van der Waals surface area contributed by atoms with E-state index in [0.29, 0.717) is 22.9 Å². The molecule has 1 unspecified atom stereocenters. The van der Waals surface area contributed by atoms with E-state index in [2.05, 4.69) is 32.9 Å². The van der Waals surface area contributed by atoms with E-state index in [0.717, 1.165) is 11.8 Å². The Morgan fingerprint density at radius 2 is 1.71 bits per heavy atom. The van der Waals surface area contributed by atoms with Crippen LogP contribution in [0.3, 0.4) is 0 Å². The summed E-state index contributed by atoms with van der Waals surface area (Å²) in [6, 6.07) is 0. The lowest BCUT2D eigenvalue weighted by atomic mass is 9.40. The molecule has 0 amide bonds. The van der Waals surface area contributed by atoms with E-state index in [-0.39, 0.29) is 5.41 Å². The first-order valence-electron chi connectivity index (χ1n) is 9.17. The molecule has 21 heavy (non-hydrogen) atoms. The van der Waals surface area contributed by atoms with Gasteiger partial charge in [-0.2, -0.15) is 0 Å². The van der Waals surface area contributed by atoms with Crippen LogP contribution < -0.4 is 0 Å². The molecule has 0 aliphatic heterocycles. The molecule has 0 heterocycles. The van der Waals surface area contributed by atoms with Gasteiger partial charge in [0.25, 0.3) is 0 Å². The number of hydrogen-bond donors (Lipinski definition) is 1. The van der Waals surface area contributed by atoms with Crippen LogP contribution in [0.5, 0.6) is 0 Å². The topological polar surface area (TPSA) is 20.2 Å². The Balaban J connectivity index is 1.74. The Hall–Kier alpha value is -0.300. The molecular weight excluding hydrogens is 256 g/mol. The van der Waals surface area contributed by atoms with Crippen LogP contribution in [0, 0.1) is 33.5 Å². The van der Waals surface area contributed by atoms with Crippen molar-refractivity contribution in [3.63, 3.8) is 0 Å². The Morgan fingerprint density at radius 3 is 2.48 bits per heavy atom. The summed E-state index contributed by atoms with van der Waals surface area (Å²) in [6.07, 6.45) is 16.1. The molecule has 4 aliphatic rings. The second kappa shape index (κ2) is 4.16. The summed E-state index contributed by atoms with van der Waals surface area (Å²) in [4.78, 5) is 0. The number of hydrogen-bond acceptors (Lipinski definition) is 1. The van der Waals surface area contributed by atoms with Crippen LogP contribution >= 0.6 is 0 Å². The number of allylic oxidation sites excluding steroid dienone is 2. The van der Waals surface area contributed by atoms with Gasteiger partial charge in [-0.05, 0) is 78.4 Å². The van der Waals surface area contributed by atoms with Gasteiger partial charge in [-0.15, -0.1) is 0 Å². The van der Waals surface area contributed by atoms with Crippen molar-refractivity contribution < 1.29 is 5.11 Å². The molecule has 1 nitrogen and oxygen atoms in total. The molecule has 0 saturated heterocycles. The SMILES string of the molecule is C[C@]12C=CC3(CC[C@@H]4[C@](C)(CO)CCC[C@@]4(C)[C@@H]3CC1)C2. The second-order valence-electron chi connectivity index (χ2n) is 9.75. The van der Waals surface area contributed by atoms with Crippen molar-refractivity contribution in [2.24, 2.45) is 33.5 Å². The van der Waals surface area contributed by atoms with E-state index in [1.54, 1.807) is 0 Å². The normalized spacial score (nSPS) is 58.7. The summed E-state index contributed by atoms with van der Waals surface area (Å²) in [5.74, 6) is 1.60. The molecule has 0 radical (unpaired) electrons. The quantitative estimate of drug-likeness (QED) is 0.677. The van der Waals surface area contributed by atoms with E-state index >= 15 is 0 Å². The molecule has 4 aliphatic carbocycles. The van der Waals surface area contributed by atoms with Crippen molar-refractivity contribution in [2.45, 2.75) is 72.1 Å². The van der Waals surface area contributed by atoms with Crippen LogP contribution in [-0.4, -0.2) is 11.7 Å². The van der Waals surface area contributed by atoms with Crippen LogP contribution in [-0.2, 0) is 0 Å². The lowest BCUT2D eigenvalue weighted by Gasteiger charge is -2.64. The molecule has 1 heteroatoms. The van der Waals surface area contributed by atoms with Gasteiger partial charge in [-0.25, -0.2) is 0 Å². The van der Waals surface area contributed by atoms with Crippen molar-refractivity contribution in [3.05, 3.63) is 12.2 Å². The fourth-order valence-corrected chi connectivity index (χ4v) is 7.46. The standard InChI is InChI=1S/C20H32O/c1-17-9-5-16-19(3)8-4-7-18(2,14-21)15(19)6-10-20(16,13-17)12-11-17/h11-12,15-16,21H,4-10,13-14H2,1-3H3/t15-,16+,17-,18+,19-,20?/m1/s1. The third-order valence-electron chi connectivity index (χ3n) is 8.41. The van der Waals surface area contributed by atoms with Gasteiger partial charge in [-0.3, -0.25) is 0 Å². The van der Waals surface area contributed by atoms with Crippen LogP contribution in [0.4, 0.5) is 0 Å². The molecule has 3 saturated carbocycles. The van der Waals surface area contributed by atoms with Crippen LogP contribution in [0.2, 0.25) is 0 Å². The van der Waals surface area contributed by atoms with Gasteiger partial charge < -0.3 is 5.11 Å². The highest BCUT2D eigenvalue weighted by molar-refractivity contribution is 5.25. The largest absolute Gasteiger partial charge is 0.396 e. The lowest BCUT2D eigenvalue weighted by Crippen LogP contribution is -2.57. The minimum absolute atomic E-state index is 0.178. The van der Waals surface area contributed by atoms with Crippen molar-refractivity contribution in [3.8, 4) is 0 Å². The monoisotopic (exact) mass is 288 g/mol. The Morgan fingerprint density at radius 1 is 0.952 bits per heavy atom. The molecule has 2 bridgehead atoms. The van der Waals surface area contributed by atoms with E-state index < -0.39 is 0 Å². The summed E-state index contributed by atoms with van der Waals surface area (Å²) in [5, 5.41) is 10.1. The van der Waals surface area contributed by atoms with Gasteiger partial charge >= 0.3 is 0 Å². The predicted molar refractivity (Wildman–Crippen MR) is 86.9 cm³/mol. The fourth-order valence-electron chi connectivity index (χ4n) is 7.46. The van der Waals surface area contributed by atoms with E-state index in [1.165, 1.54) is 51.4 Å². The molecule has 1 N–H and O–H groups in total. The van der Waals surface area contributed by atoms with Crippen LogP contribution in [0.1, 0.15) is 72.1 Å². The first-order chi connectivity index (χ1) is 9.86. The van der Waals surface area contributed by atoms with Crippen molar-refractivity contribution in [1.82, 2.24) is 0 Å². The third-order valence-corrected chi connectivity index (χ3v) is 8.41. The highest BCUT2D eigenvalue weighted by Crippen LogP contribution is 2.71. The molecule has 4 rings (SSSR count). The van der Waals surface area contributed by atoms with E-state index in [4.69, 9.17) is 0 Å². The zero-order valence-corrected chi connectivity index (χ0v) is 14.1. The maximum absolute atomic E-state index is 10.1. The van der Waals surface area contributed by atoms with Gasteiger partial charge in [0.1, 0.15) is 0 Å². The molecule has 0 aromatic carbocycles. The Kier molecular flexibility index (Phi) is 2.83. The molecule has 118 valence electrons. The Labute approximate surface area is 130 Å². The van der Waals surface area contributed by atoms with Crippen LogP contribution in [0.25, 0.3) is 0 Å². The average Bonchev–Trinajstić information content (AvgIpc) is 2.69. The Bertz CT molecular complexity index is 482. The minimum Gasteiger partial charge on any atom is -0.396 e. The van der Waals surface area contributed by atoms with E-state index in [9.17, 15) is 5.11 Å². The van der Waals surface area contributed by atoms with Gasteiger partial charge in [0.15, 0.2) is 0 Å². The fraction of sp³-hybridized carbons (Fsp3) is 0.900. The molecular formula is C20H32O. The van der Waals surface area contributed by atoms with Gasteiger partial charge in [-0.1, -0.05) is 39.3 Å². The second-order valence-corrected chi connectivity index (χ2v) is 9.75. The lowest BCUT2D eigenvalue weighted by molar-refractivity contribution is -0.154. The maximum atomic E-state index is 10.1. The zero-order valence-electron chi connectivity index (χ0n) is 14.1. The van der Waals surface area contributed by atoms with Crippen molar-refractivity contribution >= 4 is 0 Å². The number of aliphatic hydroxyl groups excluding tert-OH is 1. The highest BCUT2D eigenvalue weighted by Gasteiger charge is 2.63. The predicted octanol–water partition coefficient (Wildman–Crippen LogP) is 4.95. The number of rotatable bonds is 1. The minimum atomic E-state index is 0.178. The summed E-state index contributed by atoms with van der Waals surface area (Å²) in [6.45, 7) is 7.82. The van der Waals surface area contributed by atoms with E-state index in [1.807, 2.05) is 0 Å². The summed E-state index contributed by atoms with van der Waals surface area (Å²) < 4.78 is 0.